The van der Waals surface area contributed by atoms with Gasteiger partial charge in [0.15, 0.2) is 11.5 Å². The lowest BCUT2D eigenvalue weighted by atomic mass is 10.4. The van der Waals surface area contributed by atoms with E-state index in [4.69, 9.17) is 5.14 Å². The summed E-state index contributed by atoms with van der Waals surface area (Å²) in [6.07, 6.45) is 3.99. The molecule has 0 saturated carbocycles. The number of hydrogen-bond acceptors (Lipinski definition) is 6. The molecule has 0 saturated heterocycles. The van der Waals surface area contributed by atoms with Crippen molar-refractivity contribution in [3.05, 3.63) is 24.5 Å². The zero-order chi connectivity index (χ0) is 13.6. The molecule has 10 heteroatoms. The van der Waals surface area contributed by atoms with Crippen LogP contribution in [0, 0.1) is 6.92 Å². The minimum atomic E-state index is -3.81. The van der Waals surface area contributed by atoms with Gasteiger partial charge in [0.2, 0.25) is 10.0 Å². The second-order valence-corrected chi connectivity index (χ2v) is 5.38. The van der Waals surface area contributed by atoms with Crippen LogP contribution in [0.3, 0.4) is 0 Å². The smallest absolute Gasteiger partial charge is 0.241 e. The Balaban J connectivity index is 2.29. The summed E-state index contributed by atoms with van der Waals surface area (Å²) in [5.74, 6) is 0.412. The fourth-order valence-corrected chi connectivity index (χ4v) is 2.49. The number of fused-ring (bicyclic) bond motifs is 1. The van der Waals surface area contributed by atoms with E-state index in [-0.39, 0.29) is 4.90 Å². The van der Waals surface area contributed by atoms with E-state index in [9.17, 15) is 8.42 Å². The van der Waals surface area contributed by atoms with Crippen molar-refractivity contribution in [3.8, 4) is 5.82 Å². The van der Waals surface area contributed by atoms with Crippen LogP contribution in [0.15, 0.2) is 23.7 Å². The first kappa shape index (κ1) is 11.7. The summed E-state index contributed by atoms with van der Waals surface area (Å²) in [7, 11) is -3.81. The first-order chi connectivity index (χ1) is 8.98. The van der Waals surface area contributed by atoms with Crippen molar-refractivity contribution in [2.24, 2.45) is 5.14 Å². The highest BCUT2D eigenvalue weighted by Crippen LogP contribution is 2.19. The largest absolute Gasteiger partial charge is 0.340 e. The van der Waals surface area contributed by atoms with Crippen LogP contribution in [-0.4, -0.2) is 38.1 Å². The predicted molar refractivity (Wildman–Crippen MR) is 64.9 cm³/mol. The van der Waals surface area contributed by atoms with Crippen molar-refractivity contribution in [3.63, 3.8) is 0 Å². The van der Waals surface area contributed by atoms with Gasteiger partial charge in [0.25, 0.3) is 0 Å². The summed E-state index contributed by atoms with van der Waals surface area (Å²) in [6, 6.07) is 0. The number of rotatable bonds is 2. The highest BCUT2D eigenvalue weighted by molar-refractivity contribution is 7.89. The van der Waals surface area contributed by atoms with E-state index in [1.54, 1.807) is 6.92 Å². The monoisotopic (exact) mass is 279 g/mol. The van der Waals surface area contributed by atoms with Gasteiger partial charge in [-0.05, 0) is 6.92 Å². The maximum absolute atomic E-state index is 11.4. The molecular weight excluding hydrogens is 270 g/mol. The first-order valence-electron chi connectivity index (χ1n) is 5.20. The minimum Gasteiger partial charge on any atom is -0.340 e. The molecule has 0 atom stereocenters. The molecule has 0 aliphatic rings. The molecule has 0 radical (unpaired) electrons. The molecule has 0 aromatic carbocycles. The Hall–Kier alpha value is -2.33. The number of hydrogen-bond donors (Lipinski definition) is 2. The van der Waals surface area contributed by atoms with E-state index in [0.29, 0.717) is 22.7 Å². The molecule has 0 amide bonds. The maximum Gasteiger partial charge on any atom is 0.241 e. The second kappa shape index (κ2) is 3.83. The Kier molecular flexibility index (Phi) is 2.37. The van der Waals surface area contributed by atoms with Gasteiger partial charge < -0.3 is 4.98 Å². The Morgan fingerprint density at radius 2 is 2.11 bits per heavy atom. The maximum atomic E-state index is 11.4. The zero-order valence-corrected chi connectivity index (χ0v) is 10.6. The average molecular weight is 279 g/mol. The number of nitrogens with two attached hydrogens (primary N) is 1. The van der Waals surface area contributed by atoms with Crippen molar-refractivity contribution in [2.75, 3.05) is 0 Å². The molecule has 98 valence electrons. The molecule has 9 nitrogen and oxygen atoms in total. The van der Waals surface area contributed by atoms with Gasteiger partial charge in [0, 0.05) is 0 Å². The van der Waals surface area contributed by atoms with Crippen LogP contribution in [0.5, 0.6) is 0 Å². The molecule has 3 rings (SSSR count). The number of H-pyrrole nitrogens is 1. The van der Waals surface area contributed by atoms with Gasteiger partial charge in [0.05, 0.1) is 18.2 Å². The molecule has 0 bridgehead atoms. The van der Waals surface area contributed by atoms with Crippen LogP contribution < -0.4 is 5.14 Å². The molecule has 3 aromatic rings. The van der Waals surface area contributed by atoms with E-state index in [0.717, 1.165) is 0 Å². The van der Waals surface area contributed by atoms with E-state index in [1.807, 2.05) is 0 Å². The van der Waals surface area contributed by atoms with E-state index in [2.05, 4.69) is 25.0 Å². The highest BCUT2D eigenvalue weighted by Gasteiger charge is 2.19. The summed E-state index contributed by atoms with van der Waals surface area (Å²) in [5.41, 5.74) is 1.41. The van der Waals surface area contributed by atoms with E-state index >= 15 is 0 Å². The predicted octanol–water partition coefficient (Wildman–Crippen LogP) is -0.506. The van der Waals surface area contributed by atoms with Crippen LogP contribution in [-0.2, 0) is 10.0 Å². The van der Waals surface area contributed by atoms with Gasteiger partial charge in [0.1, 0.15) is 16.7 Å². The van der Waals surface area contributed by atoms with Crippen LogP contribution in [0.2, 0.25) is 0 Å². The molecule has 3 N–H and O–H groups in total. The standard InChI is InChI=1S/C9H9N7O2S/c1-5-6(19(10,17)18)2-15-16(5)9-7-8(12-3-11-7)13-4-14-9/h2-4H,1H3,(H2,10,17,18)(H,11,12,13,14). The third kappa shape index (κ3) is 1.77. The Morgan fingerprint density at radius 3 is 2.79 bits per heavy atom. The van der Waals surface area contributed by atoms with E-state index < -0.39 is 10.0 Å². The van der Waals surface area contributed by atoms with Crippen molar-refractivity contribution in [2.45, 2.75) is 11.8 Å². The summed E-state index contributed by atoms with van der Waals surface area (Å²) in [4.78, 5) is 14.9. The third-order valence-corrected chi connectivity index (χ3v) is 3.69. The summed E-state index contributed by atoms with van der Waals surface area (Å²) < 4.78 is 24.1. The van der Waals surface area contributed by atoms with Crippen molar-refractivity contribution < 1.29 is 8.42 Å². The Labute approximate surface area is 107 Å². The van der Waals surface area contributed by atoms with Gasteiger partial charge in [-0.25, -0.2) is 33.2 Å². The van der Waals surface area contributed by atoms with Crippen LogP contribution in [0.1, 0.15) is 5.69 Å². The molecule has 0 unspecified atom stereocenters. The van der Waals surface area contributed by atoms with Gasteiger partial charge >= 0.3 is 0 Å². The summed E-state index contributed by atoms with van der Waals surface area (Å²) in [6.45, 7) is 1.59. The number of sulfonamides is 1. The molecular formula is C9H9N7O2S. The van der Waals surface area contributed by atoms with Crippen LogP contribution in [0.25, 0.3) is 17.0 Å². The average Bonchev–Trinajstić information content (AvgIpc) is 2.93. The molecule has 0 aliphatic carbocycles. The minimum absolute atomic E-state index is 0.0428. The number of primary sulfonamides is 1. The lowest BCUT2D eigenvalue weighted by molar-refractivity contribution is 0.597. The molecule has 3 heterocycles. The fraction of sp³-hybridized carbons (Fsp3) is 0.111. The Morgan fingerprint density at radius 1 is 1.32 bits per heavy atom. The highest BCUT2D eigenvalue weighted by atomic mass is 32.2. The zero-order valence-electron chi connectivity index (χ0n) is 9.77. The summed E-state index contributed by atoms with van der Waals surface area (Å²) in [5, 5.41) is 9.11. The quantitative estimate of drug-likeness (QED) is 0.649. The lowest BCUT2D eigenvalue weighted by Crippen LogP contribution is -2.13. The Bertz CT molecular complexity index is 864. The molecule has 3 aromatic heterocycles. The SMILES string of the molecule is Cc1c(S(N)(=O)=O)cnn1-c1ncnc2nc[nH]c12. The third-order valence-electron chi connectivity index (χ3n) is 2.67. The molecule has 19 heavy (non-hydrogen) atoms. The number of aromatic amines is 1. The second-order valence-electron chi connectivity index (χ2n) is 3.85. The van der Waals surface area contributed by atoms with Crippen LogP contribution >= 0.6 is 0 Å². The topological polar surface area (TPSA) is 132 Å². The van der Waals surface area contributed by atoms with Crippen molar-refractivity contribution >= 4 is 21.2 Å². The number of aromatic nitrogens is 6. The van der Waals surface area contributed by atoms with Gasteiger partial charge in [-0.15, -0.1) is 0 Å². The normalized spacial score (nSPS) is 12.1. The van der Waals surface area contributed by atoms with Crippen LogP contribution in [0.4, 0.5) is 0 Å². The van der Waals surface area contributed by atoms with Gasteiger partial charge in [-0.2, -0.15) is 5.10 Å². The summed E-state index contributed by atoms with van der Waals surface area (Å²) >= 11 is 0. The molecule has 0 aliphatic heterocycles. The number of nitrogens with zero attached hydrogens (tertiary/aromatic N) is 5. The molecule has 0 spiro atoms. The number of nitrogens with one attached hydrogen (secondary N) is 1. The molecule has 0 fully saturated rings. The van der Waals surface area contributed by atoms with E-state index in [1.165, 1.54) is 23.5 Å². The number of imidazole rings is 1. The first-order valence-corrected chi connectivity index (χ1v) is 6.75. The van der Waals surface area contributed by atoms with Crippen molar-refractivity contribution in [1.29, 1.82) is 0 Å². The lowest BCUT2D eigenvalue weighted by Gasteiger charge is -2.04. The fourth-order valence-electron chi connectivity index (χ4n) is 1.80. The van der Waals surface area contributed by atoms with Gasteiger partial charge in [-0.1, -0.05) is 0 Å². The van der Waals surface area contributed by atoms with Gasteiger partial charge in [-0.3, -0.25) is 0 Å². The van der Waals surface area contributed by atoms with Crippen molar-refractivity contribution in [1.82, 2.24) is 29.7 Å².